The second kappa shape index (κ2) is 9.57. The van der Waals surface area contributed by atoms with Crippen LogP contribution in [-0.2, 0) is 6.42 Å². The normalized spacial score (nSPS) is 10.4. The van der Waals surface area contributed by atoms with E-state index in [1.807, 2.05) is 12.1 Å². The van der Waals surface area contributed by atoms with Crippen LogP contribution in [0.5, 0.6) is 17.2 Å². The van der Waals surface area contributed by atoms with Gasteiger partial charge in [0.25, 0.3) is 5.91 Å². The molecule has 5 heteroatoms. The van der Waals surface area contributed by atoms with Gasteiger partial charge in [-0.2, -0.15) is 0 Å². The number of carbonyl (C=O) groups is 1. The highest BCUT2D eigenvalue weighted by molar-refractivity contribution is 5.94. The second-order valence-electron chi connectivity index (χ2n) is 5.91. The molecule has 0 aliphatic carbocycles. The van der Waals surface area contributed by atoms with Gasteiger partial charge in [0.05, 0.1) is 6.61 Å². The molecule has 0 saturated carbocycles. The van der Waals surface area contributed by atoms with Crippen LogP contribution in [0.3, 0.4) is 0 Å². The van der Waals surface area contributed by atoms with Crippen molar-refractivity contribution in [3.8, 4) is 17.2 Å². The smallest absolute Gasteiger partial charge is 0.251 e. The van der Waals surface area contributed by atoms with Crippen LogP contribution in [-0.4, -0.2) is 29.3 Å². The number of carbonyl (C=O) groups excluding carboxylic acids is 1. The van der Waals surface area contributed by atoms with Crippen molar-refractivity contribution in [2.75, 3.05) is 13.2 Å². The largest absolute Gasteiger partial charge is 0.508 e. The van der Waals surface area contributed by atoms with Gasteiger partial charge < -0.3 is 20.3 Å². The van der Waals surface area contributed by atoms with E-state index < -0.39 is 0 Å². The monoisotopic (exact) mass is 343 g/mol. The molecule has 3 N–H and O–H groups in total. The van der Waals surface area contributed by atoms with E-state index in [0.29, 0.717) is 30.9 Å². The number of hydrogen-bond acceptors (Lipinski definition) is 4. The van der Waals surface area contributed by atoms with Gasteiger partial charge in [-0.1, -0.05) is 31.9 Å². The molecule has 0 saturated heterocycles. The van der Waals surface area contributed by atoms with E-state index in [1.165, 1.54) is 6.07 Å². The highest BCUT2D eigenvalue weighted by atomic mass is 16.5. The molecule has 0 radical (unpaired) electrons. The van der Waals surface area contributed by atoms with E-state index in [1.54, 1.807) is 24.3 Å². The molecular weight excluding hydrogens is 318 g/mol. The van der Waals surface area contributed by atoms with Crippen molar-refractivity contribution < 1.29 is 19.7 Å². The first-order chi connectivity index (χ1) is 12.1. The van der Waals surface area contributed by atoms with Crippen LogP contribution in [0.15, 0.2) is 42.5 Å². The molecule has 1 amide bonds. The fourth-order valence-corrected chi connectivity index (χ4v) is 2.39. The van der Waals surface area contributed by atoms with Gasteiger partial charge in [-0.25, -0.2) is 0 Å². The SMILES string of the molecule is CCCCCOc1cc(C(=O)NCCc2ccc(O)cc2)ccc1O. The molecular formula is C20H25NO4. The average Bonchev–Trinajstić information content (AvgIpc) is 2.61. The third-order valence-corrected chi connectivity index (χ3v) is 3.86. The van der Waals surface area contributed by atoms with E-state index in [-0.39, 0.29) is 17.4 Å². The molecule has 134 valence electrons. The lowest BCUT2D eigenvalue weighted by Crippen LogP contribution is -2.25. The molecule has 0 spiro atoms. The molecule has 2 rings (SSSR count). The molecule has 0 aliphatic heterocycles. The Morgan fingerprint density at radius 3 is 2.56 bits per heavy atom. The molecule has 0 aromatic heterocycles. The number of unbranched alkanes of at least 4 members (excludes halogenated alkanes) is 2. The van der Waals surface area contributed by atoms with Gasteiger partial charge in [-0.3, -0.25) is 4.79 Å². The Morgan fingerprint density at radius 1 is 1.08 bits per heavy atom. The zero-order chi connectivity index (χ0) is 18.1. The number of phenols is 2. The Morgan fingerprint density at radius 2 is 1.84 bits per heavy atom. The fourth-order valence-electron chi connectivity index (χ4n) is 2.39. The lowest BCUT2D eigenvalue weighted by atomic mass is 10.1. The van der Waals surface area contributed by atoms with Gasteiger partial charge in [-0.05, 0) is 48.7 Å². The van der Waals surface area contributed by atoms with Crippen molar-refractivity contribution in [3.05, 3.63) is 53.6 Å². The summed E-state index contributed by atoms with van der Waals surface area (Å²) in [6.45, 7) is 3.12. The molecule has 0 unspecified atom stereocenters. The van der Waals surface area contributed by atoms with Crippen LogP contribution >= 0.6 is 0 Å². The van der Waals surface area contributed by atoms with Gasteiger partial charge >= 0.3 is 0 Å². The Kier molecular flexibility index (Phi) is 7.14. The average molecular weight is 343 g/mol. The number of ether oxygens (including phenoxy) is 1. The number of amides is 1. The molecule has 2 aromatic rings. The quantitative estimate of drug-likeness (QED) is 0.607. The summed E-state index contributed by atoms with van der Waals surface area (Å²) < 4.78 is 5.56. The van der Waals surface area contributed by atoms with Crippen molar-refractivity contribution in [3.63, 3.8) is 0 Å². The van der Waals surface area contributed by atoms with Crippen LogP contribution in [0.1, 0.15) is 42.1 Å². The summed E-state index contributed by atoms with van der Waals surface area (Å²) in [5, 5.41) is 21.9. The fraction of sp³-hybridized carbons (Fsp3) is 0.350. The maximum atomic E-state index is 12.2. The minimum absolute atomic E-state index is 0.0390. The van der Waals surface area contributed by atoms with Crippen molar-refractivity contribution >= 4 is 5.91 Å². The number of aromatic hydroxyl groups is 2. The van der Waals surface area contributed by atoms with E-state index in [4.69, 9.17) is 4.74 Å². The Labute approximate surface area is 148 Å². The lowest BCUT2D eigenvalue weighted by Gasteiger charge is -2.10. The summed E-state index contributed by atoms with van der Waals surface area (Å²) in [4.78, 5) is 12.2. The number of phenolic OH excluding ortho intramolecular Hbond substituents is 2. The number of nitrogens with one attached hydrogen (secondary N) is 1. The minimum atomic E-state index is -0.211. The summed E-state index contributed by atoms with van der Waals surface area (Å²) in [5.41, 5.74) is 1.48. The second-order valence-corrected chi connectivity index (χ2v) is 5.91. The number of rotatable bonds is 9. The number of hydrogen-bond donors (Lipinski definition) is 3. The summed E-state index contributed by atoms with van der Waals surface area (Å²) in [6.07, 6.45) is 3.75. The van der Waals surface area contributed by atoms with E-state index in [0.717, 1.165) is 24.8 Å². The third-order valence-electron chi connectivity index (χ3n) is 3.86. The summed E-state index contributed by atoms with van der Waals surface area (Å²) in [7, 11) is 0. The summed E-state index contributed by atoms with van der Waals surface area (Å²) >= 11 is 0. The van der Waals surface area contributed by atoms with Crippen molar-refractivity contribution in [1.29, 1.82) is 0 Å². The molecule has 5 nitrogen and oxygen atoms in total. The first-order valence-corrected chi connectivity index (χ1v) is 8.62. The lowest BCUT2D eigenvalue weighted by molar-refractivity contribution is 0.0953. The third kappa shape index (κ3) is 6.03. The van der Waals surface area contributed by atoms with E-state index in [2.05, 4.69) is 12.2 Å². The first kappa shape index (κ1) is 18.6. The molecule has 2 aromatic carbocycles. The summed E-state index contributed by atoms with van der Waals surface area (Å²) in [5.74, 6) is 0.389. The minimum Gasteiger partial charge on any atom is -0.508 e. The van der Waals surface area contributed by atoms with Crippen LogP contribution in [0, 0.1) is 0 Å². The van der Waals surface area contributed by atoms with Gasteiger partial charge in [0.1, 0.15) is 5.75 Å². The molecule has 0 bridgehead atoms. The van der Waals surface area contributed by atoms with E-state index in [9.17, 15) is 15.0 Å². The number of benzene rings is 2. The molecule has 0 heterocycles. The predicted octanol–water partition coefficient (Wildman–Crippen LogP) is 3.64. The Balaban J connectivity index is 1.86. The van der Waals surface area contributed by atoms with Crippen LogP contribution < -0.4 is 10.1 Å². The van der Waals surface area contributed by atoms with Crippen LogP contribution in [0.2, 0.25) is 0 Å². The highest BCUT2D eigenvalue weighted by Crippen LogP contribution is 2.27. The van der Waals surface area contributed by atoms with Gasteiger partial charge in [0.2, 0.25) is 0 Å². The standard InChI is InChI=1S/C20H25NO4/c1-2-3-4-13-25-19-14-16(7-10-18(19)23)20(24)21-12-11-15-5-8-17(22)9-6-15/h5-10,14,22-23H,2-4,11-13H2,1H3,(H,21,24). The van der Waals surface area contributed by atoms with Gasteiger partial charge in [0, 0.05) is 12.1 Å². The summed E-state index contributed by atoms with van der Waals surface area (Å²) in [6, 6.07) is 11.5. The van der Waals surface area contributed by atoms with Crippen molar-refractivity contribution in [1.82, 2.24) is 5.32 Å². The van der Waals surface area contributed by atoms with Gasteiger partial charge in [-0.15, -0.1) is 0 Å². The molecule has 25 heavy (non-hydrogen) atoms. The topological polar surface area (TPSA) is 78.8 Å². The predicted molar refractivity (Wildman–Crippen MR) is 97.3 cm³/mol. The maximum Gasteiger partial charge on any atom is 0.251 e. The van der Waals surface area contributed by atoms with Crippen LogP contribution in [0.4, 0.5) is 0 Å². The van der Waals surface area contributed by atoms with Crippen LogP contribution in [0.25, 0.3) is 0 Å². The van der Waals surface area contributed by atoms with Gasteiger partial charge in [0.15, 0.2) is 11.5 Å². The highest BCUT2D eigenvalue weighted by Gasteiger charge is 2.10. The molecule has 0 atom stereocenters. The van der Waals surface area contributed by atoms with E-state index >= 15 is 0 Å². The molecule has 0 aliphatic rings. The maximum absolute atomic E-state index is 12.2. The van der Waals surface area contributed by atoms with Crippen molar-refractivity contribution in [2.24, 2.45) is 0 Å². The Bertz CT molecular complexity index is 683. The Hall–Kier alpha value is -2.69. The molecule has 0 fully saturated rings. The zero-order valence-corrected chi connectivity index (χ0v) is 14.5. The van der Waals surface area contributed by atoms with Crippen molar-refractivity contribution in [2.45, 2.75) is 32.6 Å². The zero-order valence-electron chi connectivity index (χ0n) is 14.5. The first-order valence-electron chi connectivity index (χ1n) is 8.62.